The Hall–Kier alpha value is -1.85. The van der Waals surface area contributed by atoms with E-state index in [1.54, 1.807) is 29.5 Å². The molecular weight excluding hydrogens is 322 g/mol. The van der Waals surface area contributed by atoms with Crippen molar-refractivity contribution in [2.45, 2.75) is 39.7 Å². The van der Waals surface area contributed by atoms with Gasteiger partial charge in [-0.2, -0.15) is 0 Å². The monoisotopic (exact) mass is 345 g/mol. The number of amides is 1. The molecule has 2 aromatic rings. The van der Waals surface area contributed by atoms with E-state index in [1.165, 1.54) is 16.9 Å². The van der Waals surface area contributed by atoms with E-state index in [4.69, 9.17) is 4.74 Å². The lowest BCUT2D eigenvalue weighted by Crippen LogP contribution is -2.11. The summed E-state index contributed by atoms with van der Waals surface area (Å²) in [5.41, 5.74) is 2.67. The van der Waals surface area contributed by atoms with Crippen LogP contribution in [0.3, 0.4) is 0 Å². The summed E-state index contributed by atoms with van der Waals surface area (Å²) in [6.07, 6.45) is 3.34. The molecule has 1 heterocycles. The highest BCUT2D eigenvalue weighted by Gasteiger charge is 2.20. The molecule has 5 heteroatoms. The van der Waals surface area contributed by atoms with Crippen molar-refractivity contribution in [3.8, 4) is 5.75 Å². The molecule has 0 radical (unpaired) electrons. The van der Waals surface area contributed by atoms with Crippen molar-refractivity contribution in [2.24, 2.45) is 5.92 Å². The predicted molar refractivity (Wildman–Crippen MR) is 97.0 cm³/mol. The first-order valence-corrected chi connectivity index (χ1v) is 9.21. The number of nitrogens with one attached hydrogen (secondary N) is 1. The minimum atomic E-state index is -0.121. The van der Waals surface area contributed by atoms with Gasteiger partial charge >= 0.3 is 0 Å². The molecule has 4 nitrogen and oxygen atoms in total. The molecule has 2 N–H and O–H groups in total. The minimum absolute atomic E-state index is 0.0879. The Labute approximate surface area is 146 Å². The topological polar surface area (TPSA) is 58.6 Å². The summed E-state index contributed by atoms with van der Waals surface area (Å²) >= 11 is 1.60. The molecule has 1 atom stereocenters. The molecule has 3 rings (SSSR count). The molecule has 1 unspecified atom stereocenters. The molecule has 0 aliphatic heterocycles. The fourth-order valence-electron chi connectivity index (χ4n) is 3.09. The van der Waals surface area contributed by atoms with E-state index in [9.17, 15) is 9.90 Å². The van der Waals surface area contributed by atoms with Gasteiger partial charge in [0.1, 0.15) is 5.75 Å². The fourth-order valence-corrected chi connectivity index (χ4v) is 4.19. The summed E-state index contributed by atoms with van der Waals surface area (Å²) in [7, 11) is 0. The predicted octanol–water partition coefficient (Wildman–Crippen LogP) is 4.02. The minimum Gasteiger partial charge on any atom is -0.494 e. The first-order valence-electron chi connectivity index (χ1n) is 8.40. The van der Waals surface area contributed by atoms with Gasteiger partial charge in [0.05, 0.1) is 18.1 Å². The molecule has 1 aliphatic rings. The number of benzene rings is 1. The zero-order valence-electron chi connectivity index (χ0n) is 14.1. The van der Waals surface area contributed by atoms with Gasteiger partial charge in [0, 0.05) is 16.1 Å². The molecule has 1 aliphatic carbocycles. The molecule has 128 valence electrons. The first kappa shape index (κ1) is 17.0. The van der Waals surface area contributed by atoms with Crippen LogP contribution in [0.1, 0.15) is 45.9 Å². The number of aliphatic hydroxyl groups is 1. The molecule has 1 amide bonds. The van der Waals surface area contributed by atoms with Crippen molar-refractivity contribution in [1.29, 1.82) is 0 Å². The average molecular weight is 345 g/mol. The van der Waals surface area contributed by atoms with Crippen LogP contribution in [0, 0.1) is 5.92 Å². The highest BCUT2D eigenvalue weighted by atomic mass is 32.1. The molecule has 0 fully saturated rings. The van der Waals surface area contributed by atoms with E-state index >= 15 is 0 Å². The molecule has 1 aromatic heterocycles. The molecule has 1 aromatic carbocycles. The summed E-state index contributed by atoms with van der Waals surface area (Å²) in [6, 6.07) is 7.38. The highest BCUT2D eigenvalue weighted by Crippen LogP contribution is 2.32. The number of anilines is 1. The maximum atomic E-state index is 12.5. The van der Waals surface area contributed by atoms with Crippen LogP contribution in [0.5, 0.6) is 5.75 Å². The van der Waals surface area contributed by atoms with Crippen molar-refractivity contribution >= 4 is 22.9 Å². The third-order valence-electron chi connectivity index (χ3n) is 4.34. The van der Waals surface area contributed by atoms with Crippen LogP contribution in [0.25, 0.3) is 0 Å². The van der Waals surface area contributed by atoms with E-state index < -0.39 is 0 Å². The maximum absolute atomic E-state index is 12.5. The van der Waals surface area contributed by atoms with Crippen LogP contribution in [0.4, 0.5) is 5.69 Å². The van der Waals surface area contributed by atoms with E-state index in [0.717, 1.165) is 17.7 Å². The number of ether oxygens (including phenoxy) is 1. The van der Waals surface area contributed by atoms with Gasteiger partial charge in [0.15, 0.2) is 0 Å². The second kappa shape index (κ2) is 7.36. The van der Waals surface area contributed by atoms with Crippen molar-refractivity contribution in [3.63, 3.8) is 0 Å². The second-order valence-corrected chi connectivity index (χ2v) is 7.41. The Morgan fingerprint density at radius 1 is 1.42 bits per heavy atom. The summed E-state index contributed by atoms with van der Waals surface area (Å²) in [4.78, 5) is 14.6. The number of hydrogen-bond acceptors (Lipinski definition) is 4. The molecule has 0 saturated heterocycles. The number of carbonyl (C=O) groups excluding carboxylic acids is 1. The lowest BCUT2D eigenvalue weighted by Gasteiger charge is -2.16. The average Bonchev–Trinajstić information content (AvgIpc) is 2.99. The quantitative estimate of drug-likeness (QED) is 0.860. The van der Waals surface area contributed by atoms with E-state index in [2.05, 4.69) is 12.2 Å². The Morgan fingerprint density at radius 3 is 3.00 bits per heavy atom. The summed E-state index contributed by atoms with van der Waals surface area (Å²) in [5, 5.41) is 12.4. The third kappa shape index (κ3) is 3.62. The zero-order chi connectivity index (χ0) is 17.1. The molecule has 0 bridgehead atoms. The molecule has 24 heavy (non-hydrogen) atoms. The van der Waals surface area contributed by atoms with Crippen LogP contribution in [0.2, 0.25) is 0 Å². The smallest absolute Gasteiger partial charge is 0.265 e. The first-order chi connectivity index (χ1) is 11.6. The van der Waals surface area contributed by atoms with Crippen molar-refractivity contribution in [2.75, 3.05) is 11.9 Å². The SMILES string of the molecule is CCOc1ccc(NC(=O)c2cc3c(s2)CCC(C)C3)cc1CO. The molecular formula is C19H23NO3S. The van der Waals surface area contributed by atoms with Gasteiger partial charge in [-0.3, -0.25) is 4.79 Å². The third-order valence-corrected chi connectivity index (χ3v) is 5.58. The van der Waals surface area contributed by atoms with Gasteiger partial charge in [0.2, 0.25) is 0 Å². The number of aryl methyl sites for hydroxylation is 1. The van der Waals surface area contributed by atoms with E-state index in [-0.39, 0.29) is 12.5 Å². The molecule has 0 spiro atoms. The standard InChI is InChI=1S/C19H23NO3S/c1-3-23-16-6-5-15(9-14(16)11-21)20-19(22)18-10-13-8-12(2)4-7-17(13)24-18/h5-6,9-10,12,21H,3-4,7-8,11H2,1-2H3,(H,20,22). The summed E-state index contributed by atoms with van der Waals surface area (Å²) in [5.74, 6) is 1.26. The Balaban J connectivity index is 1.75. The van der Waals surface area contributed by atoms with Crippen LogP contribution < -0.4 is 10.1 Å². The number of hydrogen-bond donors (Lipinski definition) is 2. The van der Waals surface area contributed by atoms with E-state index in [0.29, 0.717) is 29.5 Å². The van der Waals surface area contributed by atoms with Crippen molar-refractivity contribution in [1.82, 2.24) is 0 Å². The lowest BCUT2D eigenvalue weighted by atomic mass is 9.90. The number of rotatable bonds is 5. The van der Waals surface area contributed by atoms with Gasteiger partial charge < -0.3 is 15.2 Å². The van der Waals surface area contributed by atoms with Crippen molar-refractivity contribution in [3.05, 3.63) is 45.1 Å². The van der Waals surface area contributed by atoms with Crippen LogP contribution in [0.15, 0.2) is 24.3 Å². The van der Waals surface area contributed by atoms with Crippen LogP contribution in [-0.4, -0.2) is 17.6 Å². The Bertz CT molecular complexity index is 738. The summed E-state index contributed by atoms with van der Waals surface area (Å²) in [6.45, 7) is 4.58. The largest absolute Gasteiger partial charge is 0.494 e. The fraction of sp³-hybridized carbons (Fsp3) is 0.421. The Kier molecular flexibility index (Phi) is 5.21. The second-order valence-electron chi connectivity index (χ2n) is 6.27. The van der Waals surface area contributed by atoms with E-state index in [1.807, 2.05) is 13.0 Å². The van der Waals surface area contributed by atoms with Gasteiger partial charge in [-0.05, 0) is 61.9 Å². The Morgan fingerprint density at radius 2 is 2.25 bits per heavy atom. The van der Waals surface area contributed by atoms with Crippen LogP contribution >= 0.6 is 11.3 Å². The normalized spacial score (nSPS) is 16.5. The number of fused-ring (bicyclic) bond motifs is 1. The maximum Gasteiger partial charge on any atom is 0.265 e. The van der Waals surface area contributed by atoms with Crippen LogP contribution in [-0.2, 0) is 19.4 Å². The zero-order valence-corrected chi connectivity index (χ0v) is 14.9. The van der Waals surface area contributed by atoms with Gasteiger partial charge in [-0.1, -0.05) is 6.92 Å². The molecule has 0 saturated carbocycles. The van der Waals surface area contributed by atoms with Crippen molar-refractivity contribution < 1.29 is 14.6 Å². The van der Waals surface area contributed by atoms with Gasteiger partial charge in [0.25, 0.3) is 5.91 Å². The number of thiophene rings is 1. The van der Waals surface area contributed by atoms with Gasteiger partial charge in [-0.25, -0.2) is 0 Å². The number of aliphatic hydroxyl groups excluding tert-OH is 1. The lowest BCUT2D eigenvalue weighted by molar-refractivity contribution is 0.103. The number of carbonyl (C=O) groups is 1. The summed E-state index contributed by atoms with van der Waals surface area (Å²) < 4.78 is 5.47. The highest BCUT2D eigenvalue weighted by molar-refractivity contribution is 7.14. The van der Waals surface area contributed by atoms with Gasteiger partial charge in [-0.15, -0.1) is 11.3 Å².